The monoisotopic (exact) mass is 562 g/mol. The Morgan fingerprint density at radius 2 is 1.07 bits per heavy atom. The fraction of sp³-hybridized carbons (Fsp3) is 0. The highest BCUT2D eigenvalue weighted by Gasteiger charge is 2.20. The van der Waals surface area contributed by atoms with Gasteiger partial charge in [-0.3, -0.25) is 4.57 Å². The van der Waals surface area contributed by atoms with E-state index in [1.165, 1.54) is 32.4 Å². The van der Waals surface area contributed by atoms with E-state index in [4.69, 9.17) is 9.97 Å². The third kappa shape index (κ3) is 3.78. The fourth-order valence-electron chi connectivity index (χ4n) is 6.58. The second-order valence-corrected chi connectivity index (χ2v) is 11.1. The molecule has 44 heavy (non-hydrogen) atoms. The first-order valence-electron chi connectivity index (χ1n) is 14.9. The van der Waals surface area contributed by atoms with Gasteiger partial charge in [0, 0.05) is 45.2 Å². The predicted octanol–water partition coefficient (Wildman–Crippen LogP) is 10.0. The van der Waals surface area contributed by atoms with Gasteiger partial charge in [-0.25, -0.2) is 9.97 Å². The Labute approximate surface area is 254 Å². The van der Waals surface area contributed by atoms with Crippen molar-refractivity contribution in [2.75, 3.05) is 0 Å². The van der Waals surface area contributed by atoms with Gasteiger partial charge in [0.1, 0.15) is 5.82 Å². The van der Waals surface area contributed by atoms with Crippen LogP contribution in [-0.2, 0) is 0 Å². The van der Waals surface area contributed by atoms with E-state index in [1.54, 1.807) is 0 Å². The molecule has 0 aliphatic rings. The van der Waals surface area contributed by atoms with E-state index in [2.05, 4.69) is 143 Å². The number of hydrogen-bond donors (Lipinski definition) is 0. The third-order valence-corrected chi connectivity index (χ3v) is 8.57. The minimum Gasteiger partial charge on any atom is -0.317 e. The van der Waals surface area contributed by atoms with Crippen molar-refractivity contribution >= 4 is 43.5 Å². The Balaban J connectivity index is 1.41. The van der Waals surface area contributed by atoms with Gasteiger partial charge in [-0.1, -0.05) is 109 Å². The van der Waals surface area contributed by atoms with Crippen LogP contribution < -0.4 is 0 Å². The first kappa shape index (κ1) is 24.6. The highest BCUT2D eigenvalue weighted by molar-refractivity contribution is 6.28. The minimum absolute atomic E-state index is 0.703. The van der Waals surface area contributed by atoms with Crippen LogP contribution in [0.2, 0.25) is 0 Å². The van der Waals surface area contributed by atoms with Crippen LogP contribution in [0.15, 0.2) is 158 Å². The molecule has 206 valence electrons. The van der Waals surface area contributed by atoms with Crippen molar-refractivity contribution in [1.29, 1.82) is 0 Å². The molecule has 3 heterocycles. The number of aromatic nitrogens is 4. The summed E-state index contributed by atoms with van der Waals surface area (Å²) in [6.07, 6.45) is 2.18. The lowest BCUT2D eigenvalue weighted by atomic mass is 10.0. The molecule has 4 heteroatoms. The molecule has 0 radical (unpaired) electrons. The van der Waals surface area contributed by atoms with Crippen molar-refractivity contribution in [2.45, 2.75) is 0 Å². The number of para-hydroxylation sites is 1. The second-order valence-electron chi connectivity index (χ2n) is 11.1. The van der Waals surface area contributed by atoms with Crippen LogP contribution in [0.3, 0.4) is 0 Å². The molecule has 0 aliphatic carbocycles. The van der Waals surface area contributed by atoms with Crippen molar-refractivity contribution in [3.8, 4) is 34.2 Å². The number of hydrogen-bond acceptors (Lipinski definition) is 2. The zero-order valence-corrected chi connectivity index (χ0v) is 23.8. The quantitative estimate of drug-likeness (QED) is 0.214. The van der Waals surface area contributed by atoms with Crippen molar-refractivity contribution in [2.24, 2.45) is 0 Å². The topological polar surface area (TPSA) is 35.6 Å². The van der Waals surface area contributed by atoms with Gasteiger partial charge < -0.3 is 4.57 Å². The van der Waals surface area contributed by atoms with E-state index < -0.39 is 0 Å². The van der Waals surface area contributed by atoms with Crippen LogP contribution >= 0.6 is 0 Å². The first-order chi connectivity index (χ1) is 21.8. The molecule has 4 nitrogen and oxygen atoms in total. The van der Waals surface area contributed by atoms with E-state index in [0.717, 1.165) is 39.4 Å². The summed E-state index contributed by atoms with van der Waals surface area (Å²) in [5.74, 6) is 1.55. The van der Waals surface area contributed by atoms with Gasteiger partial charge >= 0.3 is 0 Å². The largest absolute Gasteiger partial charge is 0.317 e. The molecule has 0 atom stereocenters. The van der Waals surface area contributed by atoms with E-state index in [1.807, 2.05) is 24.3 Å². The molecule has 0 amide bonds. The lowest BCUT2D eigenvalue weighted by Gasteiger charge is -2.12. The van der Waals surface area contributed by atoms with E-state index >= 15 is 0 Å². The molecule has 0 bridgehead atoms. The molecule has 0 spiro atoms. The maximum atomic E-state index is 5.23. The van der Waals surface area contributed by atoms with Gasteiger partial charge in [0.05, 0.1) is 22.2 Å². The SMILES string of the molecule is c1ccc(-c2cc(-n3c4ccc5ccccc5c4c4c5ccn(-c6ccccc6)c5ccc43)nc(-c3ccccc3)n2)cc1. The third-order valence-electron chi connectivity index (χ3n) is 8.57. The lowest BCUT2D eigenvalue weighted by Crippen LogP contribution is -2.02. The molecule has 0 aliphatic heterocycles. The van der Waals surface area contributed by atoms with Crippen molar-refractivity contribution in [3.63, 3.8) is 0 Å². The van der Waals surface area contributed by atoms with E-state index in [9.17, 15) is 0 Å². The molecule has 9 aromatic rings. The van der Waals surface area contributed by atoms with E-state index in [0.29, 0.717) is 5.82 Å². The Morgan fingerprint density at radius 1 is 0.455 bits per heavy atom. The Morgan fingerprint density at radius 3 is 1.84 bits per heavy atom. The Kier molecular flexibility index (Phi) is 5.47. The van der Waals surface area contributed by atoms with Gasteiger partial charge in [0.2, 0.25) is 0 Å². The van der Waals surface area contributed by atoms with Crippen LogP contribution in [-0.4, -0.2) is 19.1 Å². The van der Waals surface area contributed by atoms with Crippen LogP contribution in [0, 0.1) is 0 Å². The van der Waals surface area contributed by atoms with Crippen molar-refractivity contribution < 1.29 is 0 Å². The number of rotatable bonds is 4. The molecule has 6 aromatic carbocycles. The van der Waals surface area contributed by atoms with Crippen LogP contribution in [0.1, 0.15) is 0 Å². The van der Waals surface area contributed by atoms with Crippen LogP contribution in [0.4, 0.5) is 0 Å². The molecule has 0 N–H and O–H groups in total. The first-order valence-corrected chi connectivity index (χ1v) is 14.9. The van der Waals surface area contributed by atoms with Crippen molar-refractivity contribution in [1.82, 2.24) is 19.1 Å². The Bertz CT molecular complexity index is 2420. The smallest absolute Gasteiger partial charge is 0.162 e. The molecular weight excluding hydrogens is 536 g/mol. The maximum Gasteiger partial charge on any atom is 0.162 e. The molecular formula is C40H26N4. The summed E-state index contributed by atoms with van der Waals surface area (Å²) in [5, 5.41) is 6.12. The molecule has 0 fully saturated rings. The highest BCUT2D eigenvalue weighted by Crippen LogP contribution is 2.41. The van der Waals surface area contributed by atoms with Gasteiger partial charge in [-0.05, 0) is 47.2 Å². The Hall–Kier alpha value is -6.00. The normalized spacial score (nSPS) is 11.6. The predicted molar refractivity (Wildman–Crippen MR) is 182 cm³/mol. The molecule has 0 saturated heterocycles. The zero-order valence-electron chi connectivity index (χ0n) is 23.8. The molecule has 0 saturated carbocycles. The van der Waals surface area contributed by atoms with Gasteiger partial charge in [0.15, 0.2) is 5.82 Å². The van der Waals surface area contributed by atoms with E-state index in [-0.39, 0.29) is 0 Å². The lowest BCUT2D eigenvalue weighted by molar-refractivity contribution is 1.05. The maximum absolute atomic E-state index is 5.23. The average Bonchev–Trinajstić information content (AvgIpc) is 3.69. The number of benzene rings is 6. The average molecular weight is 563 g/mol. The molecule has 9 rings (SSSR count). The van der Waals surface area contributed by atoms with Gasteiger partial charge in [0.25, 0.3) is 0 Å². The second kappa shape index (κ2) is 9.79. The molecule has 3 aromatic heterocycles. The summed E-state index contributed by atoms with van der Waals surface area (Å²) in [7, 11) is 0. The van der Waals surface area contributed by atoms with Gasteiger partial charge in [-0.2, -0.15) is 0 Å². The zero-order chi connectivity index (χ0) is 29.0. The summed E-state index contributed by atoms with van der Waals surface area (Å²) < 4.78 is 4.59. The number of fused-ring (bicyclic) bond motifs is 7. The highest BCUT2D eigenvalue weighted by atomic mass is 15.1. The summed E-state index contributed by atoms with van der Waals surface area (Å²) in [4.78, 5) is 10.3. The summed E-state index contributed by atoms with van der Waals surface area (Å²) >= 11 is 0. The van der Waals surface area contributed by atoms with Gasteiger partial charge in [-0.15, -0.1) is 0 Å². The summed E-state index contributed by atoms with van der Waals surface area (Å²) in [6.45, 7) is 0. The fourth-order valence-corrected chi connectivity index (χ4v) is 6.58. The minimum atomic E-state index is 0.703. The summed E-state index contributed by atoms with van der Waals surface area (Å²) in [6, 6.07) is 53.1. The van der Waals surface area contributed by atoms with Crippen LogP contribution in [0.25, 0.3) is 77.6 Å². The summed E-state index contributed by atoms with van der Waals surface area (Å²) in [5.41, 5.74) is 7.49. The van der Waals surface area contributed by atoms with Crippen LogP contribution in [0.5, 0.6) is 0 Å². The molecule has 0 unspecified atom stereocenters. The number of nitrogens with zero attached hydrogens (tertiary/aromatic N) is 4. The van der Waals surface area contributed by atoms with Crippen molar-refractivity contribution in [3.05, 3.63) is 158 Å². The standard InChI is InChI=1S/C40H26N4/c1-4-13-28(14-5-1)33-26-37(42-40(41-33)29-15-6-2-7-16-29)44-35-21-20-27-12-10-11-19-31(27)38(35)39-32-24-25-43(30-17-8-3-9-18-30)34(32)22-23-36(39)44/h1-26H.